The van der Waals surface area contributed by atoms with E-state index in [1.165, 1.54) is 0 Å². The molecular formula is C14H12ClN3O. The lowest BCUT2D eigenvalue weighted by Gasteiger charge is -2.05. The largest absolute Gasteiger partial charge is 0.423 e. The van der Waals surface area contributed by atoms with Gasteiger partial charge in [0.25, 0.3) is 6.01 Å². The van der Waals surface area contributed by atoms with Crippen LogP contribution in [0.3, 0.4) is 0 Å². The summed E-state index contributed by atoms with van der Waals surface area (Å²) in [6, 6.07) is 11.4. The Morgan fingerprint density at radius 1 is 1.21 bits per heavy atom. The topological polar surface area (TPSA) is 64.1 Å². The average Bonchev–Trinajstić information content (AvgIpc) is 2.75. The van der Waals surface area contributed by atoms with Crippen molar-refractivity contribution in [1.29, 1.82) is 0 Å². The van der Waals surface area contributed by atoms with Gasteiger partial charge < -0.3 is 15.5 Å². The van der Waals surface area contributed by atoms with Crippen LogP contribution in [0.4, 0.5) is 17.4 Å². The van der Waals surface area contributed by atoms with Crippen LogP contribution in [0.5, 0.6) is 0 Å². The van der Waals surface area contributed by atoms with Gasteiger partial charge in [0.15, 0.2) is 5.58 Å². The molecule has 2 aromatic carbocycles. The van der Waals surface area contributed by atoms with Crippen molar-refractivity contribution < 1.29 is 4.42 Å². The summed E-state index contributed by atoms with van der Waals surface area (Å²) in [5, 5.41) is 3.78. The number of aromatic nitrogens is 1. The van der Waals surface area contributed by atoms with Crippen molar-refractivity contribution in [1.82, 2.24) is 4.98 Å². The van der Waals surface area contributed by atoms with Crippen LogP contribution in [0.2, 0.25) is 5.02 Å². The van der Waals surface area contributed by atoms with Gasteiger partial charge in [-0.15, -0.1) is 0 Å². The Morgan fingerprint density at radius 3 is 2.89 bits per heavy atom. The zero-order valence-electron chi connectivity index (χ0n) is 10.3. The van der Waals surface area contributed by atoms with Gasteiger partial charge in [-0.3, -0.25) is 0 Å². The number of nitrogens with one attached hydrogen (secondary N) is 1. The van der Waals surface area contributed by atoms with Crippen molar-refractivity contribution in [2.45, 2.75) is 6.92 Å². The van der Waals surface area contributed by atoms with Crippen LogP contribution in [-0.4, -0.2) is 4.98 Å². The number of nitrogens with zero attached hydrogens (tertiary/aromatic N) is 1. The molecule has 1 heterocycles. The first kappa shape index (κ1) is 11.9. The van der Waals surface area contributed by atoms with Crippen molar-refractivity contribution in [3.63, 3.8) is 0 Å². The minimum Gasteiger partial charge on any atom is -0.423 e. The van der Waals surface area contributed by atoms with Gasteiger partial charge in [0.2, 0.25) is 0 Å². The second-order valence-electron chi connectivity index (χ2n) is 4.33. The van der Waals surface area contributed by atoms with E-state index in [0.29, 0.717) is 22.3 Å². The van der Waals surface area contributed by atoms with Crippen LogP contribution in [0, 0.1) is 6.92 Å². The van der Waals surface area contributed by atoms with Crippen molar-refractivity contribution in [3.8, 4) is 0 Å². The van der Waals surface area contributed by atoms with Crippen molar-refractivity contribution >= 4 is 40.1 Å². The summed E-state index contributed by atoms with van der Waals surface area (Å²) in [4.78, 5) is 4.34. The average molecular weight is 274 g/mol. The van der Waals surface area contributed by atoms with Crippen LogP contribution >= 0.6 is 11.6 Å². The second-order valence-corrected chi connectivity index (χ2v) is 4.77. The molecule has 5 heteroatoms. The molecule has 4 nitrogen and oxygen atoms in total. The van der Waals surface area contributed by atoms with Crippen molar-refractivity contribution in [2.75, 3.05) is 11.1 Å². The molecule has 96 valence electrons. The number of nitrogens with two attached hydrogens (primary N) is 1. The number of hydrogen-bond acceptors (Lipinski definition) is 4. The van der Waals surface area contributed by atoms with Gasteiger partial charge in [-0.25, -0.2) is 0 Å². The fraction of sp³-hybridized carbons (Fsp3) is 0.0714. The first-order chi connectivity index (χ1) is 9.11. The summed E-state index contributed by atoms with van der Waals surface area (Å²) in [6.45, 7) is 1.99. The summed E-state index contributed by atoms with van der Waals surface area (Å²) >= 11 is 5.97. The third-order valence-corrected chi connectivity index (χ3v) is 3.09. The number of halogens is 1. The summed E-state index contributed by atoms with van der Waals surface area (Å²) in [6.07, 6.45) is 0. The number of nitrogen functional groups attached to an aromatic ring is 1. The fourth-order valence-corrected chi connectivity index (χ4v) is 2.01. The maximum Gasteiger partial charge on any atom is 0.300 e. The van der Waals surface area contributed by atoms with Crippen LogP contribution < -0.4 is 11.1 Å². The molecule has 0 fully saturated rings. The number of benzene rings is 2. The summed E-state index contributed by atoms with van der Waals surface area (Å²) < 4.78 is 5.60. The van der Waals surface area contributed by atoms with E-state index in [4.69, 9.17) is 21.8 Å². The molecule has 0 amide bonds. The quantitative estimate of drug-likeness (QED) is 0.690. The van der Waals surface area contributed by atoms with Crippen LogP contribution in [-0.2, 0) is 0 Å². The Kier molecular flexibility index (Phi) is 2.80. The molecule has 0 unspecified atom stereocenters. The third-order valence-electron chi connectivity index (χ3n) is 2.85. The Bertz CT molecular complexity index is 752. The van der Waals surface area contributed by atoms with Crippen LogP contribution in [0.15, 0.2) is 40.8 Å². The minimum atomic E-state index is 0.422. The third kappa shape index (κ3) is 2.35. The van der Waals surface area contributed by atoms with E-state index in [1.807, 2.05) is 25.1 Å². The molecule has 0 aliphatic rings. The molecule has 0 spiro atoms. The van der Waals surface area contributed by atoms with Gasteiger partial charge in [0.1, 0.15) is 5.52 Å². The van der Waals surface area contributed by atoms with E-state index in [0.717, 1.165) is 16.8 Å². The highest BCUT2D eigenvalue weighted by Gasteiger charge is 2.07. The number of aryl methyl sites for hydroxylation is 1. The smallest absolute Gasteiger partial charge is 0.300 e. The predicted molar refractivity (Wildman–Crippen MR) is 77.9 cm³/mol. The molecule has 0 saturated heterocycles. The molecule has 0 bridgehead atoms. The Hall–Kier alpha value is -2.20. The molecule has 0 aliphatic heterocycles. The highest BCUT2D eigenvalue weighted by Crippen LogP contribution is 2.26. The van der Waals surface area contributed by atoms with Gasteiger partial charge in [-0.05, 0) is 42.8 Å². The molecular weight excluding hydrogens is 262 g/mol. The van der Waals surface area contributed by atoms with Gasteiger partial charge in [-0.1, -0.05) is 17.7 Å². The van der Waals surface area contributed by atoms with Gasteiger partial charge >= 0.3 is 0 Å². The molecule has 3 aromatic rings. The van der Waals surface area contributed by atoms with Crippen LogP contribution in [0.1, 0.15) is 5.56 Å². The number of anilines is 3. The second kappa shape index (κ2) is 4.48. The first-order valence-electron chi connectivity index (χ1n) is 5.81. The Morgan fingerprint density at radius 2 is 2.05 bits per heavy atom. The Labute approximate surface area is 115 Å². The van der Waals surface area contributed by atoms with E-state index in [1.54, 1.807) is 18.2 Å². The standard InChI is InChI=1S/C14H12ClN3O/c1-8-2-3-9(15)6-11(8)17-14-18-12-7-10(16)4-5-13(12)19-14/h2-7H,16H2,1H3,(H,17,18). The Balaban J connectivity index is 1.98. The minimum absolute atomic E-state index is 0.422. The van der Waals surface area contributed by atoms with Crippen molar-refractivity contribution in [2.24, 2.45) is 0 Å². The number of rotatable bonds is 2. The maximum atomic E-state index is 5.97. The monoisotopic (exact) mass is 273 g/mol. The molecule has 0 atom stereocenters. The van der Waals surface area contributed by atoms with Gasteiger partial charge in [0, 0.05) is 16.4 Å². The number of hydrogen-bond donors (Lipinski definition) is 2. The highest BCUT2D eigenvalue weighted by atomic mass is 35.5. The van der Waals surface area contributed by atoms with Gasteiger partial charge in [0.05, 0.1) is 0 Å². The number of fused-ring (bicyclic) bond motifs is 1. The van der Waals surface area contributed by atoms with Crippen molar-refractivity contribution in [3.05, 3.63) is 47.0 Å². The molecule has 0 aliphatic carbocycles. The lowest BCUT2D eigenvalue weighted by atomic mass is 10.2. The predicted octanol–water partition coefficient (Wildman–Crippen LogP) is 4.12. The molecule has 3 N–H and O–H groups in total. The molecule has 3 rings (SSSR count). The van der Waals surface area contributed by atoms with Crippen LogP contribution in [0.25, 0.3) is 11.1 Å². The first-order valence-corrected chi connectivity index (χ1v) is 6.19. The number of oxazole rings is 1. The van der Waals surface area contributed by atoms with E-state index in [9.17, 15) is 0 Å². The fourth-order valence-electron chi connectivity index (χ4n) is 1.84. The lowest BCUT2D eigenvalue weighted by Crippen LogP contribution is -1.92. The normalized spacial score (nSPS) is 10.8. The summed E-state index contributed by atoms with van der Waals surface area (Å²) in [5.74, 6) is 0. The van der Waals surface area contributed by atoms with E-state index < -0.39 is 0 Å². The lowest BCUT2D eigenvalue weighted by molar-refractivity contribution is 0.623. The zero-order valence-corrected chi connectivity index (χ0v) is 11.0. The zero-order chi connectivity index (χ0) is 13.4. The summed E-state index contributed by atoms with van der Waals surface area (Å²) in [5.41, 5.74) is 9.71. The SMILES string of the molecule is Cc1ccc(Cl)cc1Nc1nc2cc(N)ccc2o1. The molecule has 1 aromatic heterocycles. The highest BCUT2D eigenvalue weighted by molar-refractivity contribution is 6.30. The molecule has 19 heavy (non-hydrogen) atoms. The van der Waals surface area contributed by atoms with E-state index >= 15 is 0 Å². The van der Waals surface area contributed by atoms with E-state index in [2.05, 4.69) is 10.3 Å². The summed E-state index contributed by atoms with van der Waals surface area (Å²) in [7, 11) is 0. The van der Waals surface area contributed by atoms with Gasteiger partial charge in [-0.2, -0.15) is 4.98 Å². The van der Waals surface area contributed by atoms with E-state index in [-0.39, 0.29) is 0 Å². The molecule has 0 saturated carbocycles. The maximum absolute atomic E-state index is 5.97. The molecule has 0 radical (unpaired) electrons.